The zero-order valence-corrected chi connectivity index (χ0v) is 23.7. The number of nitrogens with zero attached hydrogens (tertiary/aromatic N) is 3. The van der Waals surface area contributed by atoms with Crippen molar-refractivity contribution in [2.24, 2.45) is 0 Å². The molecule has 2 aromatic carbocycles. The van der Waals surface area contributed by atoms with Gasteiger partial charge in [-0.3, -0.25) is 14.5 Å². The first kappa shape index (κ1) is 26.4. The number of aromatic nitrogens is 2. The fourth-order valence-corrected chi connectivity index (χ4v) is 6.08. The largest absolute Gasteiger partial charge is 0.454 e. The molecule has 0 spiro atoms. The lowest BCUT2D eigenvalue weighted by molar-refractivity contribution is -0.123. The molecular weight excluding hydrogens is 524 g/mol. The second-order valence-corrected chi connectivity index (χ2v) is 12.3. The number of carbonyl (C=O) groups is 2. The van der Waals surface area contributed by atoms with Crippen molar-refractivity contribution >= 4 is 41.0 Å². The molecule has 2 aliphatic heterocycles. The third-order valence-electron chi connectivity index (χ3n) is 6.30. The SMILES string of the molecule is CC(C)NC(=O)CN1C(=O)CSC(c2ccc3c(c2)OCO3)c2c(C(C)(C)C)nn(-c3cccc(Cl)c3)c21. The van der Waals surface area contributed by atoms with E-state index in [2.05, 4.69) is 26.1 Å². The molecule has 1 atom stereocenters. The van der Waals surface area contributed by atoms with Gasteiger partial charge >= 0.3 is 0 Å². The van der Waals surface area contributed by atoms with Gasteiger partial charge in [0, 0.05) is 22.0 Å². The van der Waals surface area contributed by atoms with E-state index in [-0.39, 0.29) is 47.6 Å². The topological polar surface area (TPSA) is 85.7 Å². The van der Waals surface area contributed by atoms with Crippen molar-refractivity contribution in [2.45, 2.75) is 51.3 Å². The zero-order chi connectivity index (χ0) is 27.2. The summed E-state index contributed by atoms with van der Waals surface area (Å²) in [6.45, 7) is 10.2. The minimum absolute atomic E-state index is 0.0530. The first-order valence-corrected chi connectivity index (χ1v) is 14.0. The quantitative estimate of drug-likeness (QED) is 0.464. The van der Waals surface area contributed by atoms with Gasteiger partial charge in [-0.25, -0.2) is 4.68 Å². The fourth-order valence-electron chi connectivity index (χ4n) is 4.71. The molecule has 1 unspecified atom stereocenters. The van der Waals surface area contributed by atoms with Crippen LogP contribution in [0.2, 0.25) is 5.02 Å². The summed E-state index contributed by atoms with van der Waals surface area (Å²) in [4.78, 5) is 28.2. The molecule has 0 radical (unpaired) electrons. The number of hydrogen-bond acceptors (Lipinski definition) is 6. The number of fused-ring (bicyclic) bond motifs is 2. The van der Waals surface area contributed by atoms with E-state index in [0.29, 0.717) is 28.0 Å². The van der Waals surface area contributed by atoms with E-state index in [1.807, 2.05) is 50.2 Å². The van der Waals surface area contributed by atoms with Gasteiger partial charge in [0.25, 0.3) is 0 Å². The highest BCUT2D eigenvalue weighted by Gasteiger charge is 2.40. The van der Waals surface area contributed by atoms with E-state index >= 15 is 0 Å². The number of carbonyl (C=O) groups excluding carboxylic acids is 2. The van der Waals surface area contributed by atoms with Crippen LogP contribution in [-0.4, -0.2) is 46.7 Å². The maximum absolute atomic E-state index is 13.7. The van der Waals surface area contributed by atoms with Crippen molar-refractivity contribution < 1.29 is 19.1 Å². The van der Waals surface area contributed by atoms with Gasteiger partial charge in [-0.05, 0) is 49.7 Å². The lowest BCUT2D eigenvalue weighted by Crippen LogP contribution is -2.44. The van der Waals surface area contributed by atoms with Gasteiger partial charge in [0.15, 0.2) is 11.5 Å². The minimum Gasteiger partial charge on any atom is -0.454 e. The molecule has 0 bridgehead atoms. The van der Waals surface area contributed by atoms with Crippen molar-refractivity contribution in [2.75, 3.05) is 24.0 Å². The Hall–Kier alpha value is -3.17. The third-order valence-corrected chi connectivity index (χ3v) is 7.79. The summed E-state index contributed by atoms with van der Waals surface area (Å²) in [5.41, 5.74) is 3.05. The molecule has 1 aromatic heterocycles. The van der Waals surface area contributed by atoms with Crippen LogP contribution in [0.5, 0.6) is 11.5 Å². The van der Waals surface area contributed by atoms with Crippen LogP contribution in [0.3, 0.4) is 0 Å². The van der Waals surface area contributed by atoms with E-state index in [9.17, 15) is 9.59 Å². The maximum Gasteiger partial charge on any atom is 0.240 e. The van der Waals surface area contributed by atoms with Crippen molar-refractivity contribution in [3.63, 3.8) is 0 Å². The van der Waals surface area contributed by atoms with Crippen LogP contribution in [0.4, 0.5) is 5.82 Å². The van der Waals surface area contributed by atoms with Crippen molar-refractivity contribution in [3.8, 4) is 17.2 Å². The van der Waals surface area contributed by atoms with Crippen LogP contribution in [0.25, 0.3) is 5.69 Å². The van der Waals surface area contributed by atoms with Crippen LogP contribution < -0.4 is 19.7 Å². The Morgan fingerprint density at radius 1 is 1.18 bits per heavy atom. The molecule has 3 aromatic rings. The monoisotopic (exact) mass is 554 g/mol. The molecule has 200 valence electrons. The van der Waals surface area contributed by atoms with Gasteiger partial charge < -0.3 is 14.8 Å². The molecule has 0 fully saturated rings. The smallest absolute Gasteiger partial charge is 0.240 e. The average Bonchev–Trinajstić information content (AvgIpc) is 3.44. The number of hydrogen-bond donors (Lipinski definition) is 1. The maximum atomic E-state index is 13.7. The average molecular weight is 555 g/mol. The summed E-state index contributed by atoms with van der Waals surface area (Å²) in [5, 5.41) is 8.32. The third kappa shape index (κ3) is 5.09. The number of anilines is 1. The predicted octanol–water partition coefficient (Wildman–Crippen LogP) is 5.25. The number of benzene rings is 2. The molecule has 0 aliphatic carbocycles. The molecular formula is C28H31ClN4O4S. The summed E-state index contributed by atoms with van der Waals surface area (Å²) in [6.07, 6.45) is 0. The highest BCUT2D eigenvalue weighted by molar-refractivity contribution is 8.00. The van der Waals surface area contributed by atoms with E-state index < -0.39 is 0 Å². The molecule has 2 aliphatic rings. The van der Waals surface area contributed by atoms with E-state index in [1.54, 1.807) is 15.6 Å². The molecule has 8 nitrogen and oxygen atoms in total. The van der Waals surface area contributed by atoms with Crippen LogP contribution in [0, 0.1) is 0 Å². The molecule has 38 heavy (non-hydrogen) atoms. The molecule has 10 heteroatoms. The first-order chi connectivity index (χ1) is 18.0. The van der Waals surface area contributed by atoms with Crippen molar-refractivity contribution in [3.05, 3.63) is 64.3 Å². The zero-order valence-electron chi connectivity index (χ0n) is 22.1. The first-order valence-electron chi connectivity index (χ1n) is 12.5. The summed E-state index contributed by atoms with van der Waals surface area (Å²) >= 11 is 7.90. The van der Waals surface area contributed by atoms with Crippen LogP contribution in [0.1, 0.15) is 56.7 Å². The van der Waals surface area contributed by atoms with Gasteiger partial charge in [0.05, 0.1) is 22.4 Å². The fraction of sp³-hybridized carbons (Fsp3) is 0.393. The van der Waals surface area contributed by atoms with Gasteiger partial charge in [0.2, 0.25) is 18.6 Å². The Labute approximate surface area is 231 Å². The van der Waals surface area contributed by atoms with E-state index in [0.717, 1.165) is 16.8 Å². The van der Waals surface area contributed by atoms with Crippen LogP contribution in [0.15, 0.2) is 42.5 Å². The second-order valence-electron chi connectivity index (χ2n) is 10.7. The molecule has 2 amide bonds. The highest BCUT2D eigenvalue weighted by Crippen LogP contribution is 2.50. The Morgan fingerprint density at radius 3 is 2.66 bits per heavy atom. The number of thioether (sulfide) groups is 1. The minimum atomic E-state index is -0.359. The summed E-state index contributed by atoms with van der Waals surface area (Å²) in [6, 6.07) is 13.2. The summed E-state index contributed by atoms with van der Waals surface area (Å²) in [7, 11) is 0. The number of rotatable bonds is 5. The van der Waals surface area contributed by atoms with Crippen molar-refractivity contribution in [1.29, 1.82) is 0 Å². The Kier molecular flexibility index (Phi) is 7.09. The van der Waals surface area contributed by atoms with Gasteiger partial charge in [0.1, 0.15) is 12.4 Å². The van der Waals surface area contributed by atoms with E-state index in [1.165, 1.54) is 11.8 Å². The second kappa shape index (κ2) is 10.2. The molecule has 0 saturated heterocycles. The number of halogens is 1. The summed E-state index contributed by atoms with van der Waals surface area (Å²) < 4.78 is 13.0. The predicted molar refractivity (Wildman–Crippen MR) is 150 cm³/mol. The molecule has 5 rings (SSSR count). The number of amides is 2. The Morgan fingerprint density at radius 2 is 1.95 bits per heavy atom. The number of nitrogens with one attached hydrogen (secondary N) is 1. The normalized spacial score (nSPS) is 17.0. The Bertz CT molecular complexity index is 1400. The summed E-state index contributed by atoms with van der Waals surface area (Å²) in [5.74, 6) is 1.74. The lowest BCUT2D eigenvalue weighted by Gasteiger charge is -2.25. The van der Waals surface area contributed by atoms with Crippen LogP contribution >= 0.6 is 23.4 Å². The highest BCUT2D eigenvalue weighted by atomic mass is 35.5. The standard InChI is InChI=1S/C28H31ClN4O4S/c1-16(2)30-22(34)13-32-23(35)14-38-25(17-9-10-20-21(11-17)37-15-36-20)24-26(28(3,4)5)31-33(27(24)32)19-8-6-7-18(29)12-19/h6-12,16,25H,13-15H2,1-5H3,(H,30,34). The lowest BCUT2D eigenvalue weighted by atomic mass is 9.87. The molecule has 3 heterocycles. The van der Waals surface area contributed by atoms with E-state index in [4.69, 9.17) is 26.2 Å². The molecule has 0 saturated carbocycles. The Balaban J connectivity index is 1.76. The van der Waals surface area contributed by atoms with Gasteiger partial charge in [-0.15, -0.1) is 11.8 Å². The van der Waals surface area contributed by atoms with Crippen molar-refractivity contribution in [1.82, 2.24) is 15.1 Å². The molecule has 1 N–H and O–H groups in total. The van der Waals surface area contributed by atoms with Crippen LogP contribution in [-0.2, 0) is 15.0 Å². The van der Waals surface area contributed by atoms with Gasteiger partial charge in [-0.1, -0.05) is 44.5 Å². The number of ether oxygens (including phenoxy) is 2. The van der Waals surface area contributed by atoms with Gasteiger partial charge in [-0.2, -0.15) is 5.10 Å².